The molecule has 1 fully saturated rings. The summed E-state index contributed by atoms with van der Waals surface area (Å²) >= 11 is 0. The fourth-order valence-corrected chi connectivity index (χ4v) is 1.84. The summed E-state index contributed by atoms with van der Waals surface area (Å²) in [6.07, 6.45) is -0.526. The maximum Gasteiger partial charge on any atom is 0.250 e. The summed E-state index contributed by atoms with van der Waals surface area (Å²) in [6, 6.07) is 3.40. The van der Waals surface area contributed by atoms with Gasteiger partial charge in [-0.15, -0.1) is 0 Å². The second-order valence-electron chi connectivity index (χ2n) is 4.27. The zero-order chi connectivity index (χ0) is 11.7. The number of aryl methyl sites for hydroxylation is 1. The van der Waals surface area contributed by atoms with Crippen molar-refractivity contribution in [2.45, 2.75) is 13.0 Å². The van der Waals surface area contributed by atoms with Crippen LogP contribution in [0.3, 0.4) is 0 Å². The molecule has 0 unspecified atom stereocenters. The Morgan fingerprint density at radius 2 is 2.19 bits per heavy atom. The molecule has 2 rings (SSSR count). The lowest BCUT2D eigenvalue weighted by molar-refractivity contribution is -0.0279. The van der Waals surface area contributed by atoms with Crippen molar-refractivity contribution in [3.63, 3.8) is 0 Å². The average Bonchev–Trinajstić information content (AvgIpc) is 2.15. The van der Waals surface area contributed by atoms with Crippen LogP contribution in [0.25, 0.3) is 0 Å². The smallest absolute Gasteiger partial charge is 0.250 e. The molecule has 0 aromatic carbocycles. The van der Waals surface area contributed by atoms with E-state index in [9.17, 15) is 13.6 Å². The first kappa shape index (κ1) is 11.3. The van der Waals surface area contributed by atoms with E-state index in [0.717, 1.165) is 5.56 Å². The Kier molecular flexibility index (Phi) is 3.05. The second kappa shape index (κ2) is 4.33. The van der Waals surface area contributed by atoms with Gasteiger partial charge < -0.3 is 4.57 Å². The van der Waals surface area contributed by atoms with Crippen molar-refractivity contribution in [2.24, 2.45) is 13.0 Å². The fraction of sp³-hybridized carbons (Fsp3) is 0.545. The number of pyridine rings is 1. The zero-order valence-corrected chi connectivity index (χ0v) is 9.07. The second-order valence-corrected chi connectivity index (χ2v) is 4.27. The van der Waals surface area contributed by atoms with Crippen LogP contribution in [0, 0.1) is 5.92 Å². The average molecular weight is 228 g/mol. The van der Waals surface area contributed by atoms with Crippen molar-refractivity contribution >= 4 is 0 Å². The summed E-state index contributed by atoms with van der Waals surface area (Å²) in [5.74, 6) is -0.494. The van der Waals surface area contributed by atoms with Gasteiger partial charge in [0.05, 0.1) is 0 Å². The van der Waals surface area contributed by atoms with Crippen molar-refractivity contribution < 1.29 is 8.78 Å². The van der Waals surface area contributed by atoms with E-state index in [-0.39, 0.29) is 5.56 Å². The minimum Gasteiger partial charge on any atom is -0.319 e. The zero-order valence-electron chi connectivity index (χ0n) is 9.07. The largest absolute Gasteiger partial charge is 0.319 e. The van der Waals surface area contributed by atoms with Crippen LogP contribution >= 0.6 is 0 Å². The van der Waals surface area contributed by atoms with Crippen LogP contribution in [-0.2, 0) is 13.6 Å². The molecule has 5 heteroatoms. The third-order valence-electron chi connectivity index (χ3n) is 2.92. The first-order chi connectivity index (χ1) is 7.56. The van der Waals surface area contributed by atoms with Gasteiger partial charge >= 0.3 is 0 Å². The standard InChI is InChI=1S/C11H14F2N2O/c1-14-3-2-8(4-10(14)16)5-15-6-9(7-15)11(12)13/h2-4,9,11H,5-7H2,1H3. The van der Waals surface area contributed by atoms with Gasteiger partial charge in [-0.05, 0) is 11.6 Å². The van der Waals surface area contributed by atoms with Crippen LogP contribution in [0.2, 0.25) is 0 Å². The summed E-state index contributed by atoms with van der Waals surface area (Å²) < 4.78 is 25.9. The number of aromatic nitrogens is 1. The minimum atomic E-state index is -2.22. The number of rotatable bonds is 3. The quantitative estimate of drug-likeness (QED) is 0.773. The van der Waals surface area contributed by atoms with Gasteiger partial charge in [-0.3, -0.25) is 9.69 Å². The molecular formula is C11H14F2N2O. The first-order valence-corrected chi connectivity index (χ1v) is 5.22. The van der Waals surface area contributed by atoms with E-state index in [1.807, 2.05) is 11.0 Å². The Hall–Kier alpha value is -1.23. The molecule has 1 saturated heterocycles. The molecule has 1 aliphatic rings. The Bertz CT molecular complexity index is 424. The molecule has 2 heterocycles. The SMILES string of the molecule is Cn1ccc(CN2CC(C(F)F)C2)cc1=O. The number of alkyl halides is 2. The molecule has 1 aromatic rings. The van der Waals surface area contributed by atoms with E-state index in [4.69, 9.17) is 0 Å². The lowest BCUT2D eigenvalue weighted by Gasteiger charge is -2.38. The Labute approximate surface area is 92.3 Å². The molecule has 0 atom stereocenters. The van der Waals surface area contributed by atoms with Gasteiger partial charge in [-0.2, -0.15) is 0 Å². The Balaban J connectivity index is 1.92. The highest BCUT2D eigenvalue weighted by Crippen LogP contribution is 2.23. The van der Waals surface area contributed by atoms with Crippen molar-refractivity contribution in [2.75, 3.05) is 13.1 Å². The van der Waals surface area contributed by atoms with Crippen molar-refractivity contribution in [3.05, 3.63) is 34.2 Å². The van der Waals surface area contributed by atoms with E-state index >= 15 is 0 Å². The van der Waals surface area contributed by atoms with Gasteiger partial charge in [0, 0.05) is 44.9 Å². The molecule has 1 aliphatic heterocycles. The van der Waals surface area contributed by atoms with Crippen molar-refractivity contribution in [1.82, 2.24) is 9.47 Å². The molecule has 1 aromatic heterocycles. The van der Waals surface area contributed by atoms with Crippen LogP contribution in [0.15, 0.2) is 23.1 Å². The molecule has 88 valence electrons. The van der Waals surface area contributed by atoms with Gasteiger partial charge in [0.2, 0.25) is 6.43 Å². The van der Waals surface area contributed by atoms with Gasteiger partial charge in [0.1, 0.15) is 0 Å². The normalized spacial score (nSPS) is 17.8. The van der Waals surface area contributed by atoms with Crippen molar-refractivity contribution in [1.29, 1.82) is 0 Å². The fourth-order valence-electron chi connectivity index (χ4n) is 1.84. The number of hydrogen-bond donors (Lipinski definition) is 0. The lowest BCUT2D eigenvalue weighted by Crippen LogP contribution is -2.49. The molecule has 0 N–H and O–H groups in total. The number of halogens is 2. The van der Waals surface area contributed by atoms with Gasteiger partial charge in [-0.25, -0.2) is 8.78 Å². The number of nitrogens with zero attached hydrogens (tertiary/aromatic N) is 2. The predicted octanol–water partition coefficient (Wildman–Crippen LogP) is 1.08. The maximum atomic E-state index is 12.2. The van der Waals surface area contributed by atoms with Crippen molar-refractivity contribution in [3.8, 4) is 0 Å². The third kappa shape index (κ3) is 2.29. The molecule has 0 aliphatic carbocycles. The van der Waals surface area contributed by atoms with E-state index in [2.05, 4.69) is 0 Å². The maximum absolute atomic E-state index is 12.2. The van der Waals surface area contributed by atoms with Gasteiger partial charge in [0.15, 0.2) is 0 Å². The summed E-state index contributed by atoms with van der Waals surface area (Å²) in [6.45, 7) is 1.43. The summed E-state index contributed by atoms with van der Waals surface area (Å²) in [5.41, 5.74) is 0.819. The first-order valence-electron chi connectivity index (χ1n) is 5.22. The molecule has 0 bridgehead atoms. The van der Waals surface area contributed by atoms with Crippen LogP contribution in [0.1, 0.15) is 5.56 Å². The van der Waals surface area contributed by atoms with E-state index in [1.54, 1.807) is 19.3 Å². The Morgan fingerprint density at radius 1 is 1.50 bits per heavy atom. The van der Waals surface area contributed by atoms with Crippen LogP contribution in [0.4, 0.5) is 8.78 Å². The molecular weight excluding hydrogens is 214 g/mol. The molecule has 16 heavy (non-hydrogen) atoms. The summed E-state index contributed by atoms with van der Waals surface area (Å²) in [7, 11) is 1.68. The van der Waals surface area contributed by atoms with E-state index in [1.165, 1.54) is 4.57 Å². The summed E-state index contributed by atoms with van der Waals surface area (Å²) in [4.78, 5) is 13.2. The highest BCUT2D eigenvalue weighted by molar-refractivity contribution is 5.11. The highest BCUT2D eigenvalue weighted by atomic mass is 19.3. The van der Waals surface area contributed by atoms with Gasteiger partial charge in [-0.1, -0.05) is 0 Å². The highest BCUT2D eigenvalue weighted by Gasteiger charge is 2.33. The van der Waals surface area contributed by atoms with Crippen LogP contribution < -0.4 is 5.56 Å². The van der Waals surface area contributed by atoms with E-state index < -0.39 is 12.3 Å². The van der Waals surface area contributed by atoms with Gasteiger partial charge in [0.25, 0.3) is 5.56 Å². The minimum absolute atomic E-state index is 0.0663. The molecule has 0 amide bonds. The third-order valence-corrected chi connectivity index (χ3v) is 2.92. The summed E-state index contributed by atoms with van der Waals surface area (Å²) in [5, 5.41) is 0. The number of likely N-dealkylation sites (tertiary alicyclic amines) is 1. The molecule has 0 saturated carbocycles. The Morgan fingerprint density at radius 3 is 2.75 bits per heavy atom. The monoisotopic (exact) mass is 228 g/mol. The van der Waals surface area contributed by atoms with Crippen LogP contribution in [0.5, 0.6) is 0 Å². The van der Waals surface area contributed by atoms with E-state index in [0.29, 0.717) is 19.6 Å². The molecule has 3 nitrogen and oxygen atoms in total. The predicted molar refractivity (Wildman–Crippen MR) is 56.5 cm³/mol. The topological polar surface area (TPSA) is 25.2 Å². The van der Waals surface area contributed by atoms with Crippen LogP contribution in [-0.4, -0.2) is 29.0 Å². The lowest BCUT2D eigenvalue weighted by atomic mass is 10.0. The number of hydrogen-bond acceptors (Lipinski definition) is 2. The molecule has 0 radical (unpaired) electrons. The molecule has 0 spiro atoms.